The fourth-order valence-corrected chi connectivity index (χ4v) is 3.90. The van der Waals surface area contributed by atoms with Crippen molar-refractivity contribution in [2.24, 2.45) is 0 Å². The molecule has 2 heterocycles. The normalized spacial score (nSPS) is 14.6. The van der Waals surface area contributed by atoms with Gasteiger partial charge in [0.05, 0.1) is 37.7 Å². The molecule has 35 heavy (non-hydrogen) atoms. The standard InChI is InChI=1S/2C11H14N3O.4ClH.Zn/c2*1-15-11-8-9(13-12)4-5-10(11)14-6-2-3-7-14;;;;;/h2*4-5,8H,2-3,6-7H2,1H3;4*1H;/q2*+1;;;;;+2/p-4. The number of nitrogens with zero attached hydrogens (tertiary/aromatic N) is 6. The summed E-state index contributed by atoms with van der Waals surface area (Å²) in [5.41, 5.74) is 3.22. The van der Waals surface area contributed by atoms with Crippen LogP contribution in [0.2, 0.25) is 0 Å². The van der Waals surface area contributed by atoms with E-state index < -0.39 is 10.8 Å². The van der Waals surface area contributed by atoms with Crippen LogP contribution in [0.1, 0.15) is 25.7 Å². The average Bonchev–Trinajstić information content (AvgIpc) is 3.57. The van der Waals surface area contributed by atoms with Crippen LogP contribution in [0, 0.1) is 10.8 Å². The molecule has 0 saturated carbocycles. The van der Waals surface area contributed by atoms with Gasteiger partial charge in [0.15, 0.2) is 9.95 Å². The Hall–Kier alpha value is -1.74. The van der Waals surface area contributed by atoms with Gasteiger partial charge in [-0.2, -0.15) is 0 Å². The fraction of sp³-hybridized carbons (Fsp3) is 0.455. The molecular weight excluding hydrogens is 587 g/mol. The van der Waals surface area contributed by atoms with Gasteiger partial charge < -0.3 is 19.3 Å². The molecule has 2 aliphatic rings. The summed E-state index contributed by atoms with van der Waals surface area (Å²) < 4.78 is 10.6. The SMILES string of the molecule is COc1cc([N+]#N)ccc1N1CCCC1.COc1cc([N+]#N)ccc1N1CCCC1.[Cl][Zn-2]([Cl])([Cl])[Cl]. The van der Waals surface area contributed by atoms with Gasteiger partial charge in [0.2, 0.25) is 10.8 Å². The molecule has 0 aromatic heterocycles. The first-order chi connectivity index (χ1) is 16.7. The van der Waals surface area contributed by atoms with Crippen LogP contribution in [0.5, 0.6) is 11.5 Å². The van der Waals surface area contributed by atoms with E-state index in [1.807, 2.05) is 12.1 Å². The Kier molecular flexibility index (Phi) is 12.4. The molecule has 0 amide bonds. The van der Waals surface area contributed by atoms with Crippen molar-refractivity contribution >= 4 is 61.5 Å². The van der Waals surface area contributed by atoms with E-state index in [0.717, 1.165) is 49.1 Å². The van der Waals surface area contributed by atoms with Crippen molar-refractivity contribution in [1.29, 1.82) is 10.8 Å². The topological polar surface area (TPSA) is 81.2 Å². The van der Waals surface area contributed by atoms with E-state index in [9.17, 15) is 0 Å². The molecule has 2 aromatic carbocycles. The third-order valence-electron chi connectivity index (χ3n) is 5.45. The Bertz CT molecular complexity index is 962. The molecule has 2 aromatic rings. The zero-order valence-electron chi connectivity index (χ0n) is 19.8. The minimum absolute atomic E-state index is 0.523. The Morgan fingerprint density at radius 1 is 0.686 bits per heavy atom. The van der Waals surface area contributed by atoms with Crippen molar-refractivity contribution in [2.75, 3.05) is 50.2 Å². The van der Waals surface area contributed by atoms with Crippen LogP contribution in [0.15, 0.2) is 36.4 Å². The Morgan fingerprint density at radius 3 is 1.26 bits per heavy atom. The van der Waals surface area contributed by atoms with Crippen molar-refractivity contribution in [3.8, 4) is 11.5 Å². The van der Waals surface area contributed by atoms with Crippen LogP contribution in [-0.2, 0) is 10.8 Å². The molecule has 0 bridgehead atoms. The van der Waals surface area contributed by atoms with E-state index in [4.69, 9.17) is 59.0 Å². The second-order valence-corrected chi connectivity index (χ2v) is 35.6. The average molecular weight is 616 g/mol. The van der Waals surface area contributed by atoms with E-state index in [0.29, 0.717) is 11.4 Å². The van der Waals surface area contributed by atoms with E-state index in [1.165, 1.54) is 25.7 Å². The van der Waals surface area contributed by atoms with Crippen molar-refractivity contribution in [3.05, 3.63) is 46.4 Å². The molecule has 0 aliphatic carbocycles. The molecule has 188 valence electrons. The summed E-state index contributed by atoms with van der Waals surface area (Å²) in [6.45, 7) is 4.30. The van der Waals surface area contributed by atoms with Gasteiger partial charge in [0.1, 0.15) is 11.5 Å². The zero-order chi connectivity index (χ0) is 25.8. The molecule has 13 heteroatoms. The second-order valence-electron chi connectivity index (χ2n) is 7.91. The molecule has 8 nitrogen and oxygen atoms in total. The Balaban J connectivity index is 0.000000208. The number of hydrogen-bond donors (Lipinski definition) is 0. The Morgan fingerprint density at radius 2 is 1.00 bits per heavy atom. The minimum atomic E-state index is -3.36. The second kappa shape index (κ2) is 14.7. The first-order valence-corrected chi connectivity index (χ1v) is 26.9. The molecule has 0 radical (unpaired) electrons. The number of anilines is 2. The van der Waals surface area contributed by atoms with Crippen LogP contribution >= 0.6 is 38.8 Å². The number of diazo groups is 2. The predicted octanol–water partition coefficient (Wildman–Crippen LogP) is 8.32. The van der Waals surface area contributed by atoms with E-state index in [-0.39, 0.29) is 0 Å². The van der Waals surface area contributed by atoms with Gasteiger partial charge in [-0.05, 0) is 37.8 Å². The maximum absolute atomic E-state index is 8.67. The number of methoxy groups -OCH3 is 2. The molecule has 0 atom stereocenters. The first-order valence-electron chi connectivity index (χ1n) is 11.3. The fourth-order valence-electron chi connectivity index (χ4n) is 3.90. The zero-order valence-corrected chi connectivity index (χ0v) is 25.8. The molecule has 2 fully saturated rings. The number of ether oxygens (including phenoxy) is 2. The molecule has 0 unspecified atom stereocenters. The van der Waals surface area contributed by atoms with Gasteiger partial charge in [-0.3, -0.25) is 0 Å². The van der Waals surface area contributed by atoms with Crippen molar-refractivity contribution in [3.63, 3.8) is 0 Å². The molecule has 0 spiro atoms. The first kappa shape index (κ1) is 29.5. The van der Waals surface area contributed by atoms with Crippen LogP contribution in [0.3, 0.4) is 0 Å². The third kappa shape index (κ3) is 10.0. The van der Waals surface area contributed by atoms with Gasteiger partial charge in [0, 0.05) is 38.3 Å². The van der Waals surface area contributed by atoms with Crippen molar-refractivity contribution < 1.29 is 20.3 Å². The number of halogens is 4. The summed E-state index contributed by atoms with van der Waals surface area (Å²) in [6, 6.07) is 11.0. The molecule has 2 saturated heterocycles. The Labute approximate surface area is 225 Å². The van der Waals surface area contributed by atoms with Crippen LogP contribution in [-0.4, -0.2) is 40.4 Å². The summed E-state index contributed by atoms with van der Waals surface area (Å²) in [7, 11) is 20.1. The molecular formula is C22H28Cl4N6O2Zn. The number of rotatable bonds is 4. The quantitative estimate of drug-likeness (QED) is 0.254. The van der Waals surface area contributed by atoms with Crippen molar-refractivity contribution in [2.45, 2.75) is 25.7 Å². The summed E-state index contributed by atoms with van der Waals surface area (Å²) in [5.74, 6) is 1.54. The number of benzene rings is 2. The number of hydrogen-bond acceptors (Lipinski definition) is 6. The van der Waals surface area contributed by atoms with Gasteiger partial charge in [-0.25, -0.2) is 0 Å². The van der Waals surface area contributed by atoms with Crippen LogP contribution in [0.25, 0.3) is 9.95 Å². The summed E-state index contributed by atoms with van der Waals surface area (Å²) in [6.07, 6.45) is 4.93. The van der Waals surface area contributed by atoms with Gasteiger partial charge in [0.25, 0.3) is 0 Å². The monoisotopic (exact) mass is 612 g/mol. The van der Waals surface area contributed by atoms with Crippen LogP contribution < -0.4 is 19.3 Å². The summed E-state index contributed by atoms with van der Waals surface area (Å²) in [5, 5.41) is 17.3. The maximum atomic E-state index is 8.67. The molecule has 2 aliphatic heterocycles. The van der Waals surface area contributed by atoms with Gasteiger partial charge in [-0.1, -0.05) is 0 Å². The summed E-state index contributed by atoms with van der Waals surface area (Å²) in [4.78, 5) is 10.9. The van der Waals surface area contributed by atoms with E-state index >= 15 is 0 Å². The predicted molar refractivity (Wildman–Crippen MR) is 142 cm³/mol. The van der Waals surface area contributed by atoms with Crippen LogP contribution in [0.4, 0.5) is 22.7 Å². The third-order valence-corrected chi connectivity index (χ3v) is 5.45. The molecule has 0 N–H and O–H groups in total. The molecule has 4 rings (SSSR count). The summed E-state index contributed by atoms with van der Waals surface area (Å²) >= 11 is 0. The van der Waals surface area contributed by atoms with Crippen molar-refractivity contribution in [1.82, 2.24) is 0 Å². The van der Waals surface area contributed by atoms with E-state index in [1.54, 1.807) is 38.5 Å². The van der Waals surface area contributed by atoms with Gasteiger partial charge >= 0.3 is 61.0 Å². The van der Waals surface area contributed by atoms with Gasteiger partial charge in [-0.15, -0.1) is 0 Å². The van der Waals surface area contributed by atoms with E-state index in [2.05, 4.69) is 19.8 Å².